The third-order valence-corrected chi connectivity index (χ3v) is 4.53. The average Bonchev–Trinajstić information content (AvgIpc) is 3.00. The Morgan fingerprint density at radius 2 is 2.19 bits per heavy atom. The third kappa shape index (κ3) is 3.27. The predicted molar refractivity (Wildman–Crippen MR) is 82.0 cm³/mol. The lowest BCUT2D eigenvalue weighted by atomic mass is 9.95. The first kappa shape index (κ1) is 14.5. The summed E-state index contributed by atoms with van der Waals surface area (Å²) in [6.45, 7) is 6.06. The summed E-state index contributed by atoms with van der Waals surface area (Å²) < 4.78 is 5.48. The summed E-state index contributed by atoms with van der Waals surface area (Å²) in [5, 5.41) is 3.39. The predicted octanol–water partition coefficient (Wildman–Crippen LogP) is 1.59. The fourth-order valence-electron chi connectivity index (χ4n) is 3.30. The molecule has 2 heterocycles. The fraction of sp³-hybridized carbons (Fsp3) is 0.588. The topological polar surface area (TPSA) is 41.6 Å². The Balaban J connectivity index is 1.57. The van der Waals surface area contributed by atoms with Crippen LogP contribution in [0.4, 0.5) is 0 Å². The molecule has 2 aliphatic heterocycles. The number of nitrogens with zero attached hydrogens (tertiary/aromatic N) is 1. The summed E-state index contributed by atoms with van der Waals surface area (Å²) in [5.74, 6) is 0.758. The molecule has 1 fully saturated rings. The maximum Gasteiger partial charge on any atom is 0.240 e. The molecule has 2 aliphatic rings. The van der Waals surface area contributed by atoms with E-state index in [4.69, 9.17) is 4.74 Å². The molecule has 1 amide bonds. The lowest BCUT2D eigenvalue weighted by molar-refractivity contribution is -0.132. The molecule has 2 unspecified atom stereocenters. The van der Waals surface area contributed by atoms with Gasteiger partial charge in [0, 0.05) is 32.2 Å². The van der Waals surface area contributed by atoms with Crippen molar-refractivity contribution in [2.24, 2.45) is 5.92 Å². The van der Waals surface area contributed by atoms with Crippen LogP contribution in [0, 0.1) is 5.92 Å². The number of rotatable bonds is 4. The summed E-state index contributed by atoms with van der Waals surface area (Å²) in [6, 6.07) is 8.32. The van der Waals surface area contributed by atoms with Crippen LogP contribution in [0.1, 0.15) is 24.5 Å². The van der Waals surface area contributed by atoms with Crippen LogP contribution < -0.4 is 5.32 Å². The van der Waals surface area contributed by atoms with Gasteiger partial charge in [-0.2, -0.15) is 0 Å². The Morgan fingerprint density at radius 3 is 3.00 bits per heavy atom. The van der Waals surface area contributed by atoms with Crippen molar-refractivity contribution in [2.45, 2.75) is 32.4 Å². The highest BCUT2D eigenvalue weighted by Crippen LogP contribution is 2.21. The molecule has 4 heteroatoms. The van der Waals surface area contributed by atoms with E-state index in [9.17, 15) is 4.79 Å². The van der Waals surface area contributed by atoms with Gasteiger partial charge in [0.15, 0.2) is 0 Å². The highest BCUT2D eigenvalue weighted by molar-refractivity contribution is 5.82. The number of hydrogen-bond acceptors (Lipinski definition) is 3. The highest BCUT2D eigenvalue weighted by Gasteiger charge is 2.32. The largest absolute Gasteiger partial charge is 0.381 e. The SMILES string of the molecule is CCOCC1CCN(C(=O)C2Cc3ccccc3CN2)C1. The Morgan fingerprint density at radius 1 is 1.38 bits per heavy atom. The smallest absolute Gasteiger partial charge is 0.240 e. The van der Waals surface area contributed by atoms with Crippen molar-refractivity contribution in [3.05, 3.63) is 35.4 Å². The lowest BCUT2D eigenvalue weighted by Crippen LogP contribution is -2.48. The van der Waals surface area contributed by atoms with Crippen molar-refractivity contribution in [1.82, 2.24) is 10.2 Å². The maximum absolute atomic E-state index is 12.7. The summed E-state index contributed by atoms with van der Waals surface area (Å²) in [7, 11) is 0. The Labute approximate surface area is 126 Å². The van der Waals surface area contributed by atoms with Crippen molar-refractivity contribution in [2.75, 3.05) is 26.3 Å². The van der Waals surface area contributed by atoms with Gasteiger partial charge >= 0.3 is 0 Å². The molecule has 3 rings (SSSR count). The van der Waals surface area contributed by atoms with Gasteiger partial charge in [-0.3, -0.25) is 4.79 Å². The molecular weight excluding hydrogens is 264 g/mol. The number of nitrogens with one attached hydrogen (secondary N) is 1. The Hall–Kier alpha value is -1.39. The molecule has 0 aliphatic carbocycles. The van der Waals surface area contributed by atoms with Crippen LogP contribution in [-0.4, -0.2) is 43.2 Å². The van der Waals surface area contributed by atoms with E-state index in [2.05, 4.69) is 29.6 Å². The van der Waals surface area contributed by atoms with Crippen LogP contribution in [0.5, 0.6) is 0 Å². The first-order chi connectivity index (χ1) is 10.3. The molecule has 1 aromatic carbocycles. The molecule has 4 nitrogen and oxygen atoms in total. The quantitative estimate of drug-likeness (QED) is 0.915. The van der Waals surface area contributed by atoms with Crippen LogP contribution in [0.2, 0.25) is 0 Å². The lowest BCUT2D eigenvalue weighted by Gasteiger charge is -2.29. The van der Waals surface area contributed by atoms with Crippen molar-refractivity contribution in [1.29, 1.82) is 0 Å². The van der Waals surface area contributed by atoms with Crippen LogP contribution in [0.25, 0.3) is 0 Å². The monoisotopic (exact) mass is 288 g/mol. The first-order valence-electron chi connectivity index (χ1n) is 7.94. The summed E-state index contributed by atoms with van der Waals surface area (Å²) in [6.07, 6.45) is 1.87. The van der Waals surface area contributed by atoms with Crippen LogP contribution in [-0.2, 0) is 22.5 Å². The van der Waals surface area contributed by atoms with Gasteiger partial charge in [0.1, 0.15) is 0 Å². The van der Waals surface area contributed by atoms with Gasteiger partial charge in [-0.25, -0.2) is 0 Å². The summed E-state index contributed by atoms with van der Waals surface area (Å²) in [5.41, 5.74) is 2.62. The Bertz CT molecular complexity index is 503. The number of fused-ring (bicyclic) bond motifs is 1. The molecule has 0 radical (unpaired) electrons. The normalized spacial score (nSPS) is 24.9. The molecule has 2 atom stereocenters. The molecule has 1 aromatic rings. The van der Waals surface area contributed by atoms with Gasteiger partial charge in [-0.15, -0.1) is 0 Å². The Kier molecular flexibility index (Phi) is 4.56. The van der Waals surface area contributed by atoms with Gasteiger partial charge < -0.3 is 15.0 Å². The van der Waals surface area contributed by atoms with E-state index in [0.29, 0.717) is 5.92 Å². The number of ether oxygens (including phenoxy) is 1. The molecule has 114 valence electrons. The van der Waals surface area contributed by atoms with E-state index < -0.39 is 0 Å². The van der Waals surface area contributed by atoms with Crippen LogP contribution in [0.3, 0.4) is 0 Å². The number of benzene rings is 1. The standard InChI is InChI=1S/C17H24N2O2/c1-2-21-12-13-7-8-19(11-13)17(20)16-9-14-5-3-4-6-15(14)10-18-16/h3-6,13,16,18H,2,7-12H2,1H3. The minimum absolute atomic E-state index is 0.0641. The van der Waals surface area contributed by atoms with E-state index in [-0.39, 0.29) is 11.9 Å². The highest BCUT2D eigenvalue weighted by atomic mass is 16.5. The zero-order valence-electron chi connectivity index (χ0n) is 12.7. The van der Waals surface area contributed by atoms with Gasteiger partial charge in [-0.1, -0.05) is 24.3 Å². The summed E-state index contributed by atoms with van der Waals surface area (Å²) in [4.78, 5) is 14.7. The molecule has 0 aromatic heterocycles. The number of amides is 1. The number of hydrogen-bond donors (Lipinski definition) is 1. The third-order valence-electron chi connectivity index (χ3n) is 4.53. The van der Waals surface area contributed by atoms with Crippen molar-refractivity contribution in [3.63, 3.8) is 0 Å². The van der Waals surface area contributed by atoms with Crippen molar-refractivity contribution >= 4 is 5.91 Å². The number of likely N-dealkylation sites (tertiary alicyclic amines) is 1. The van der Waals surface area contributed by atoms with E-state index >= 15 is 0 Å². The minimum Gasteiger partial charge on any atom is -0.381 e. The van der Waals surface area contributed by atoms with E-state index in [1.807, 2.05) is 11.8 Å². The molecule has 1 N–H and O–H groups in total. The second-order valence-corrected chi connectivity index (χ2v) is 6.00. The molecule has 21 heavy (non-hydrogen) atoms. The zero-order valence-corrected chi connectivity index (χ0v) is 12.7. The minimum atomic E-state index is -0.0641. The van der Waals surface area contributed by atoms with Gasteiger partial charge in [0.05, 0.1) is 12.6 Å². The fourth-order valence-corrected chi connectivity index (χ4v) is 3.30. The van der Waals surface area contributed by atoms with Crippen LogP contribution in [0.15, 0.2) is 24.3 Å². The van der Waals surface area contributed by atoms with Gasteiger partial charge in [-0.05, 0) is 30.9 Å². The first-order valence-corrected chi connectivity index (χ1v) is 7.94. The number of carbonyl (C=O) groups excluding carboxylic acids is 1. The van der Waals surface area contributed by atoms with Crippen LogP contribution >= 0.6 is 0 Å². The molecule has 0 bridgehead atoms. The summed E-state index contributed by atoms with van der Waals surface area (Å²) >= 11 is 0. The van der Waals surface area contributed by atoms with Gasteiger partial charge in [0.2, 0.25) is 5.91 Å². The van der Waals surface area contributed by atoms with E-state index in [1.54, 1.807) is 0 Å². The second-order valence-electron chi connectivity index (χ2n) is 6.00. The zero-order chi connectivity index (χ0) is 14.7. The van der Waals surface area contributed by atoms with Crippen molar-refractivity contribution < 1.29 is 9.53 Å². The van der Waals surface area contributed by atoms with Gasteiger partial charge in [0.25, 0.3) is 0 Å². The van der Waals surface area contributed by atoms with E-state index in [0.717, 1.165) is 45.7 Å². The molecule has 1 saturated heterocycles. The molecular formula is C17H24N2O2. The maximum atomic E-state index is 12.7. The van der Waals surface area contributed by atoms with E-state index in [1.165, 1.54) is 11.1 Å². The average molecular weight is 288 g/mol. The number of carbonyl (C=O) groups is 1. The van der Waals surface area contributed by atoms with Crippen molar-refractivity contribution in [3.8, 4) is 0 Å². The molecule has 0 saturated carbocycles. The molecule has 0 spiro atoms. The second kappa shape index (κ2) is 6.58.